The second-order valence-corrected chi connectivity index (χ2v) is 5.78. The standard InChI is InChI=1S/2C12H10O.ClH.O.V/c2*13-12-8-6-11(7-9-12)10-4-2-1-3-5-10;;;/h2*1-9,13H;1H;;/q;;;;+2/p-2. The van der Waals surface area contributed by atoms with E-state index in [1.165, 1.54) is 0 Å². The van der Waals surface area contributed by atoms with Crippen molar-refractivity contribution in [2.75, 3.05) is 0 Å². The van der Waals surface area contributed by atoms with Gasteiger partial charge in [-0.25, -0.2) is 0 Å². The molecule has 4 rings (SSSR count). The molecular formula is C24H19ClO3V. The van der Waals surface area contributed by atoms with Crippen molar-refractivity contribution in [3.05, 3.63) is 109 Å². The van der Waals surface area contributed by atoms with E-state index in [-0.39, 0.29) is 23.9 Å². The van der Waals surface area contributed by atoms with E-state index < -0.39 is 0 Å². The maximum atomic E-state index is 10.9. The first kappa shape index (κ1) is 24.2. The van der Waals surface area contributed by atoms with Gasteiger partial charge in [-0.15, -0.1) is 23.9 Å². The van der Waals surface area contributed by atoms with Crippen LogP contribution in [0.1, 0.15) is 0 Å². The molecule has 0 aliphatic rings. The molecule has 0 aliphatic heterocycles. The Morgan fingerprint density at radius 2 is 0.655 bits per heavy atom. The Morgan fingerprint density at radius 3 is 0.931 bits per heavy atom. The van der Waals surface area contributed by atoms with E-state index in [2.05, 4.69) is 0 Å². The van der Waals surface area contributed by atoms with E-state index >= 15 is 0 Å². The quantitative estimate of drug-likeness (QED) is 0.432. The fourth-order valence-corrected chi connectivity index (χ4v) is 2.56. The van der Waals surface area contributed by atoms with Gasteiger partial charge in [0.2, 0.25) is 0 Å². The Labute approximate surface area is 186 Å². The molecule has 0 bridgehead atoms. The molecule has 29 heavy (non-hydrogen) atoms. The Kier molecular flexibility index (Phi) is 11.1. The molecule has 0 saturated heterocycles. The van der Waals surface area contributed by atoms with Gasteiger partial charge in [-0.3, -0.25) is 0 Å². The van der Waals surface area contributed by atoms with Crippen molar-refractivity contribution >= 4 is 12.4 Å². The third-order valence-electron chi connectivity index (χ3n) is 3.92. The maximum absolute atomic E-state index is 10.9. The van der Waals surface area contributed by atoms with Crippen LogP contribution >= 0.6 is 12.4 Å². The summed E-state index contributed by atoms with van der Waals surface area (Å²) >= 11 is 1.06. The topological polar surface area (TPSA) is 63.2 Å². The molecule has 5 heteroatoms. The van der Waals surface area contributed by atoms with Crippen molar-refractivity contribution in [2.45, 2.75) is 0 Å². The predicted molar refractivity (Wildman–Crippen MR) is 111 cm³/mol. The fourth-order valence-electron chi connectivity index (χ4n) is 2.56. The summed E-state index contributed by atoms with van der Waals surface area (Å²) < 4.78 is 8.19. The van der Waals surface area contributed by atoms with Crippen LogP contribution in [0.4, 0.5) is 0 Å². The van der Waals surface area contributed by atoms with Gasteiger partial charge in [0.15, 0.2) is 0 Å². The van der Waals surface area contributed by atoms with Crippen molar-refractivity contribution in [3.8, 4) is 33.8 Å². The number of rotatable bonds is 2. The fraction of sp³-hybridized carbons (Fsp3) is 0. The SMILES string of the molecule is Cl.[O-]c1ccc(-c2ccccc2)cc1.[O-]c1ccc(-c2ccccc2)cc1.[O]=[V+2]. The van der Waals surface area contributed by atoms with Crippen LogP contribution in [0.3, 0.4) is 0 Å². The van der Waals surface area contributed by atoms with Gasteiger partial charge in [0.1, 0.15) is 0 Å². The van der Waals surface area contributed by atoms with Gasteiger partial charge in [-0.05, 0) is 22.3 Å². The average molecular weight is 442 g/mol. The zero-order valence-corrected chi connectivity index (χ0v) is 17.7. The van der Waals surface area contributed by atoms with E-state index in [1.54, 1.807) is 24.3 Å². The molecule has 0 N–H and O–H groups in total. The summed E-state index contributed by atoms with van der Waals surface area (Å²) in [6.07, 6.45) is 0. The van der Waals surface area contributed by atoms with E-state index in [0.29, 0.717) is 0 Å². The third-order valence-corrected chi connectivity index (χ3v) is 3.92. The van der Waals surface area contributed by atoms with Gasteiger partial charge in [0.05, 0.1) is 0 Å². The molecule has 4 aromatic rings. The molecule has 3 nitrogen and oxygen atoms in total. The van der Waals surface area contributed by atoms with Crippen LogP contribution in [0, 0.1) is 0 Å². The molecule has 0 heterocycles. The normalized spacial score (nSPS) is 9.03. The van der Waals surface area contributed by atoms with E-state index in [0.717, 1.165) is 39.6 Å². The van der Waals surface area contributed by atoms with Gasteiger partial charge < -0.3 is 10.2 Å². The van der Waals surface area contributed by atoms with Crippen molar-refractivity contribution in [1.29, 1.82) is 0 Å². The molecule has 0 fully saturated rings. The van der Waals surface area contributed by atoms with Gasteiger partial charge in [0.25, 0.3) is 0 Å². The monoisotopic (exact) mass is 441 g/mol. The van der Waals surface area contributed by atoms with Crippen molar-refractivity contribution in [3.63, 3.8) is 0 Å². The Hall–Kier alpha value is -2.85. The van der Waals surface area contributed by atoms with Gasteiger partial charge >= 0.3 is 21.0 Å². The number of halogens is 1. The van der Waals surface area contributed by atoms with Crippen LogP contribution in [0.5, 0.6) is 11.5 Å². The molecule has 145 valence electrons. The minimum atomic E-state index is 0. The summed E-state index contributed by atoms with van der Waals surface area (Å²) in [5.41, 5.74) is 4.45. The summed E-state index contributed by atoms with van der Waals surface area (Å²) in [6, 6.07) is 33.7. The summed E-state index contributed by atoms with van der Waals surface area (Å²) in [7, 11) is 0. The number of hydrogen-bond acceptors (Lipinski definition) is 3. The van der Waals surface area contributed by atoms with Crippen molar-refractivity contribution < 1.29 is 31.3 Å². The van der Waals surface area contributed by atoms with E-state index in [4.69, 9.17) is 3.67 Å². The first-order valence-corrected chi connectivity index (χ1v) is 9.13. The predicted octanol–water partition coefficient (Wildman–Crippen LogP) is 5.15. The van der Waals surface area contributed by atoms with Crippen molar-refractivity contribution in [1.82, 2.24) is 0 Å². The molecule has 0 atom stereocenters. The zero-order chi connectivity index (χ0) is 20.2. The first-order valence-electron chi connectivity index (χ1n) is 8.55. The summed E-state index contributed by atoms with van der Waals surface area (Å²) in [5, 5.41) is 21.7. The third kappa shape index (κ3) is 7.96. The first-order chi connectivity index (χ1) is 13.7. The van der Waals surface area contributed by atoms with Gasteiger partial charge in [-0.2, -0.15) is 0 Å². The van der Waals surface area contributed by atoms with Crippen LogP contribution < -0.4 is 10.2 Å². The molecule has 0 amide bonds. The van der Waals surface area contributed by atoms with Crippen LogP contribution in [0.25, 0.3) is 22.3 Å². The molecule has 4 aromatic carbocycles. The summed E-state index contributed by atoms with van der Waals surface area (Å²) in [5.74, 6) is 0.111. The molecule has 0 radical (unpaired) electrons. The average Bonchev–Trinajstić information content (AvgIpc) is 2.78. The molecule has 0 aromatic heterocycles. The Morgan fingerprint density at radius 1 is 0.414 bits per heavy atom. The molecule has 0 unspecified atom stereocenters. The van der Waals surface area contributed by atoms with Crippen LogP contribution in [-0.4, -0.2) is 0 Å². The zero-order valence-electron chi connectivity index (χ0n) is 15.5. The van der Waals surface area contributed by atoms with Crippen LogP contribution in [0.2, 0.25) is 0 Å². The Balaban J connectivity index is 0.000000259. The molecular weight excluding hydrogens is 423 g/mol. The summed E-state index contributed by atoms with van der Waals surface area (Å²) in [4.78, 5) is 0. The molecule has 0 spiro atoms. The van der Waals surface area contributed by atoms with E-state index in [1.807, 2.05) is 84.9 Å². The van der Waals surface area contributed by atoms with E-state index in [9.17, 15) is 10.2 Å². The van der Waals surface area contributed by atoms with Gasteiger partial charge in [-0.1, -0.05) is 109 Å². The summed E-state index contributed by atoms with van der Waals surface area (Å²) in [6.45, 7) is 0. The van der Waals surface area contributed by atoms with Crippen LogP contribution in [-0.2, 0) is 21.0 Å². The number of hydrogen-bond donors (Lipinski definition) is 0. The molecule has 0 saturated carbocycles. The second-order valence-electron chi connectivity index (χ2n) is 5.78. The molecule has 0 aliphatic carbocycles. The van der Waals surface area contributed by atoms with Crippen LogP contribution in [0.15, 0.2) is 109 Å². The minimum absolute atomic E-state index is 0. The number of benzene rings is 4. The van der Waals surface area contributed by atoms with Gasteiger partial charge in [0, 0.05) is 0 Å². The van der Waals surface area contributed by atoms with Crippen molar-refractivity contribution in [2.24, 2.45) is 0 Å². The Bertz CT molecular complexity index is 864. The second kappa shape index (κ2) is 13.4.